The van der Waals surface area contributed by atoms with Gasteiger partial charge in [0, 0.05) is 15.9 Å². The molecular formula is C13H12BrF3N2S2. The van der Waals surface area contributed by atoms with Crippen LogP contribution in [0, 0.1) is 0 Å². The first-order chi connectivity index (χ1) is 9.91. The van der Waals surface area contributed by atoms with E-state index in [1.165, 1.54) is 11.8 Å². The molecule has 0 unspecified atom stereocenters. The number of nitrogens with one attached hydrogen (secondary N) is 1. The number of thiazole rings is 1. The number of thioether (sulfide) groups is 1. The Balaban J connectivity index is 2.16. The van der Waals surface area contributed by atoms with Gasteiger partial charge in [-0.1, -0.05) is 12.1 Å². The largest absolute Gasteiger partial charge is 0.434 e. The molecule has 0 fully saturated rings. The maximum atomic E-state index is 12.9. The molecule has 0 aliphatic heterocycles. The summed E-state index contributed by atoms with van der Waals surface area (Å²) in [5.74, 6) is 0.417. The number of rotatable bonds is 5. The number of hydrogen-bond acceptors (Lipinski definition) is 4. The highest BCUT2D eigenvalue weighted by Gasteiger charge is 2.37. The quantitative estimate of drug-likeness (QED) is 0.724. The van der Waals surface area contributed by atoms with E-state index in [1.807, 2.05) is 24.3 Å². The van der Waals surface area contributed by atoms with Crippen LogP contribution in [-0.2, 0) is 18.5 Å². The monoisotopic (exact) mass is 396 g/mol. The van der Waals surface area contributed by atoms with Crippen LogP contribution >= 0.6 is 39.0 Å². The van der Waals surface area contributed by atoms with E-state index in [9.17, 15) is 13.2 Å². The number of hydrogen-bond donors (Lipinski definition) is 1. The highest BCUT2D eigenvalue weighted by molar-refractivity contribution is 9.10. The standard InChI is InChI=1S/C13H12BrF3N2S2/c1-18-6-10-12(13(15,16)17)19-11(21-10)7-20-9-5-3-2-4-8(9)14/h2-5,18H,6-7H2,1H3. The lowest BCUT2D eigenvalue weighted by Gasteiger charge is -2.04. The zero-order valence-corrected chi connectivity index (χ0v) is 14.2. The van der Waals surface area contributed by atoms with E-state index in [2.05, 4.69) is 26.2 Å². The summed E-state index contributed by atoms with van der Waals surface area (Å²) in [6.45, 7) is 0.173. The van der Waals surface area contributed by atoms with Gasteiger partial charge in [-0.15, -0.1) is 23.1 Å². The van der Waals surface area contributed by atoms with E-state index in [0.717, 1.165) is 20.7 Å². The minimum atomic E-state index is -4.40. The van der Waals surface area contributed by atoms with Crippen LogP contribution in [0.1, 0.15) is 15.6 Å². The Morgan fingerprint density at radius 2 is 2.05 bits per heavy atom. The van der Waals surface area contributed by atoms with E-state index >= 15 is 0 Å². The van der Waals surface area contributed by atoms with Crippen molar-refractivity contribution in [2.75, 3.05) is 7.05 Å². The summed E-state index contributed by atoms with van der Waals surface area (Å²) in [5, 5.41) is 3.23. The van der Waals surface area contributed by atoms with Crippen molar-refractivity contribution in [2.45, 2.75) is 23.4 Å². The molecule has 0 saturated carbocycles. The molecule has 1 aromatic heterocycles. The molecule has 21 heavy (non-hydrogen) atoms. The Bertz CT molecular complexity index is 614. The van der Waals surface area contributed by atoms with Crippen LogP contribution in [0.5, 0.6) is 0 Å². The topological polar surface area (TPSA) is 24.9 Å². The normalized spacial score (nSPS) is 11.9. The third kappa shape index (κ3) is 4.45. The molecular weight excluding hydrogens is 385 g/mol. The highest BCUT2D eigenvalue weighted by atomic mass is 79.9. The van der Waals surface area contributed by atoms with Gasteiger partial charge in [0.2, 0.25) is 0 Å². The third-order valence-electron chi connectivity index (χ3n) is 2.54. The fourth-order valence-corrected chi connectivity index (χ4v) is 4.33. The number of benzene rings is 1. The minimum absolute atomic E-state index is 0.173. The lowest BCUT2D eigenvalue weighted by atomic mass is 10.3. The van der Waals surface area contributed by atoms with Crippen molar-refractivity contribution in [3.8, 4) is 0 Å². The third-order valence-corrected chi connectivity index (χ3v) is 5.81. The van der Waals surface area contributed by atoms with Crippen LogP contribution in [-0.4, -0.2) is 12.0 Å². The van der Waals surface area contributed by atoms with Gasteiger partial charge in [-0.05, 0) is 35.1 Å². The van der Waals surface area contributed by atoms with Crippen molar-refractivity contribution in [1.82, 2.24) is 10.3 Å². The predicted molar refractivity (Wildman–Crippen MR) is 83.6 cm³/mol. The van der Waals surface area contributed by atoms with E-state index in [-0.39, 0.29) is 11.4 Å². The molecule has 2 nitrogen and oxygen atoms in total. The summed E-state index contributed by atoms with van der Waals surface area (Å²) in [7, 11) is 1.62. The van der Waals surface area contributed by atoms with Gasteiger partial charge in [0.15, 0.2) is 5.69 Å². The maximum Gasteiger partial charge on any atom is 0.434 e. The van der Waals surface area contributed by atoms with Crippen LogP contribution in [0.4, 0.5) is 13.2 Å². The molecule has 2 aromatic rings. The first kappa shape index (κ1) is 16.8. The average Bonchev–Trinajstić information content (AvgIpc) is 2.81. The van der Waals surface area contributed by atoms with Crippen LogP contribution in [0.3, 0.4) is 0 Å². The summed E-state index contributed by atoms with van der Waals surface area (Å²) in [5.41, 5.74) is -0.774. The van der Waals surface area contributed by atoms with Crippen molar-refractivity contribution in [3.63, 3.8) is 0 Å². The second kappa shape index (κ2) is 7.13. The Morgan fingerprint density at radius 3 is 2.67 bits per heavy atom. The molecule has 1 heterocycles. The number of nitrogens with zero attached hydrogens (tertiary/aromatic N) is 1. The molecule has 0 saturated heterocycles. The van der Waals surface area contributed by atoms with Gasteiger partial charge in [-0.2, -0.15) is 13.2 Å². The van der Waals surface area contributed by atoms with Crippen molar-refractivity contribution >= 4 is 39.0 Å². The van der Waals surface area contributed by atoms with Gasteiger partial charge < -0.3 is 5.32 Å². The molecule has 0 atom stereocenters. The van der Waals surface area contributed by atoms with Crippen LogP contribution in [0.25, 0.3) is 0 Å². The average molecular weight is 397 g/mol. The van der Waals surface area contributed by atoms with Crippen molar-refractivity contribution in [2.24, 2.45) is 0 Å². The zero-order chi connectivity index (χ0) is 15.5. The molecule has 0 aliphatic rings. The van der Waals surface area contributed by atoms with Crippen molar-refractivity contribution < 1.29 is 13.2 Å². The summed E-state index contributed by atoms with van der Waals surface area (Å²) in [6, 6.07) is 7.60. The maximum absolute atomic E-state index is 12.9. The fourth-order valence-electron chi connectivity index (χ4n) is 1.67. The molecule has 8 heteroatoms. The summed E-state index contributed by atoms with van der Waals surface area (Å²) in [6.07, 6.45) is -4.40. The molecule has 0 radical (unpaired) electrons. The Morgan fingerprint density at radius 1 is 1.33 bits per heavy atom. The lowest BCUT2D eigenvalue weighted by Crippen LogP contribution is -2.12. The van der Waals surface area contributed by atoms with E-state index < -0.39 is 11.9 Å². The molecule has 1 N–H and O–H groups in total. The molecule has 0 bridgehead atoms. The molecule has 1 aromatic carbocycles. The molecule has 0 amide bonds. The van der Waals surface area contributed by atoms with E-state index in [1.54, 1.807) is 7.05 Å². The van der Waals surface area contributed by atoms with Crippen molar-refractivity contribution in [1.29, 1.82) is 0 Å². The molecule has 114 valence electrons. The Hall–Kier alpha value is -0.570. The van der Waals surface area contributed by atoms with Gasteiger partial charge >= 0.3 is 6.18 Å². The zero-order valence-electron chi connectivity index (χ0n) is 11.0. The second-order valence-electron chi connectivity index (χ2n) is 4.13. The van der Waals surface area contributed by atoms with Gasteiger partial charge in [-0.3, -0.25) is 0 Å². The second-order valence-corrected chi connectivity index (χ2v) is 7.17. The van der Waals surface area contributed by atoms with Gasteiger partial charge in [0.05, 0.1) is 10.6 Å². The summed E-state index contributed by atoms with van der Waals surface area (Å²) in [4.78, 5) is 4.97. The first-order valence-corrected chi connectivity index (χ1v) is 8.59. The van der Waals surface area contributed by atoms with Gasteiger partial charge in [-0.25, -0.2) is 4.98 Å². The molecule has 2 rings (SSSR count). The van der Waals surface area contributed by atoms with E-state index in [4.69, 9.17) is 0 Å². The van der Waals surface area contributed by atoms with Crippen LogP contribution < -0.4 is 5.32 Å². The van der Waals surface area contributed by atoms with Gasteiger partial charge in [0.1, 0.15) is 5.01 Å². The van der Waals surface area contributed by atoms with Crippen molar-refractivity contribution in [3.05, 3.63) is 44.3 Å². The fraction of sp³-hybridized carbons (Fsp3) is 0.308. The first-order valence-electron chi connectivity index (χ1n) is 5.99. The minimum Gasteiger partial charge on any atom is -0.315 e. The predicted octanol–water partition coefficient (Wildman–Crippen LogP) is 4.94. The SMILES string of the molecule is CNCc1sc(CSc2ccccc2Br)nc1C(F)(F)F. The van der Waals surface area contributed by atoms with Gasteiger partial charge in [0.25, 0.3) is 0 Å². The Labute approximate surface area is 137 Å². The Kier molecular flexibility index (Phi) is 5.70. The highest BCUT2D eigenvalue weighted by Crippen LogP contribution is 2.37. The molecule has 0 spiro atoms. The number of halogens is 4. The summed E-state index contributed by atoms with van der Waals surface area (Å²) >= 11 is 5.99. The van der Waals surface area contributed by atoms with Crippen LogP contribution in [0.15, 0.2) is 33.6 Å². The summed E-state index contributed by atoms with van der Waals surface area (Å²) < 4.78 is 39.7. The number of alkyl halides is 3. The smallest absolute Gasteiger partial charge is 0.315 e. The molecule has 0 aliphatic carbocycles. The number of aromatic nitrogens is 1. The van der Waals surface area contributed by atoms with Crippen LogP contribution in [0.2, 0.25) is 0 Å². The van der Waals surface area contributed by atoms with E-state index in [0.29, 0.717) is 10.8 Å². The lowest BCUT2D eigenvalue weighted by molar-refractivity contribution is -0.141.